The highest BCUT2D eigenvalue weighted by molar-refractivity contribution is 5.89. The molecule has 0 aliphatic rings. The molecular weight excluding hydrogens is 226 g/mol. The number of ether oxygens (including phenoxy) is 1. The van der Waals surface area contributed by atoms with E-state index in [4.69, 9.17) is 0 Å². The van der Waals surface area contributed by atoms with E-state index in [2.05, 4.69) is 4.74 Å². The van der Waals surface area contributed by atoms with Gasteiger partial charge in [-0.05, 0) is 19.1 Å². The molecule has 0 saturated heterocycles. The number of aliphatic hydroxyl groups excluding tert-OH is 1. The molecule has 6 heteroatoms. The molecule has 1 aromatic carbocycles. The molecule has 0 spiro atoms. The average Bonchev–Trinajstić information content (AvgIpc) is 2.29. The van der Waals surface area contributed by atoms with Crippen LogP contribution in [0.5, 0.6) is 0 Å². The first kappa shape index (κ1) is 12.7. The van der Waals surface area contributed by atoms with Crippen molar-refractivity contribution in [2.24, 2.45) is 0 Å². The Morgan fingerprint density at radius 3 is 2.53 bits per heavy atom. The van der Waals surface area contributed by atoms with Crippen molar-refractivity contribution in [1.29, 1.82) is 0 Å². The van der Waals surface area contributed by atoms with Gasteiger partial charge >= 0.3 is 5.97 Å². The smallest absolute Gasteiger partial charge is 0.334 e. The minimum atomic E-state index is -0.664. The van der Waals surface area contributed by atoms with Crippen LogP contribution >= 0.6 is 0 Å². The summed E-state index contributed by atoms with van der Waals surface area (Å²) in [6.07, 6.45) is 0.921. The summed E-state index contributed by atoms with van der Waals surface area (Å²) in [7, 11) is 0. The SMILES string of the molecule is CCOC(=O)C=C(O)c1ccc([N+](=O)[O-])cc1. The van der Waals surface area contributed by atoms with E-state index in [1.165, 1.54) is 24.3 Å². The van der Waals surface area contributed by atoms with E-state index >= 15 is 0 Å². The lowest BCUT2D eigenvalue weighted by molar-refractivity contribution is -0.384. The summed E-state index contributed by atoms with van der Waals surface area (Å²) >= 11 is 0. The normalized spacial score (nSPS) is 11.0. The standard InChI is InChI=1S/C11H11NO5/c1-2-17-11(14)7-10(13)8-3-5-9(6-4-8)12(15)16/h3-7,13H,2H2,1H3. The molecule has 90 valence electrons. The van der Waals surface area contributed by atoms with Gasteiger partial charge in [0.1, 0.15) is 5.76 Å². The number of nitro benzene ring substituents is 1. The highest BCUT2D eigenvalue weighted by Gasteiger charge is 2.07. The lowest BCUT2D eigenvalue weighted by Crippen LogP contribution is -2.00. The highest BCUT2D eigenvalue weighted by atomic mass is 16.6. The van der Waals surface area contributed by atoms with Crippen molar-refractivity contribution >= 4 is 17.4 Å². The summed E-state index contributed by atoms with van der Waals surface area (Å²) in [6, 6.07) is 5.18. The maximum absolute atomic E-state index is 11.0. The van der Waals surface area contributed by atoms with Crippen LogP contribution in [0, 0.1) is 10.1 Å². The molecular formula is C11H11NO5. The van der Waals surface area contributed by atoms with Crippen molar-refractivity contribution < 1.29 is 19.6 Å². The molecule has 0 unspecified atom stereocenters. The third-order valence-corrected chi connectivity index (χ3v) is 1.92. The van der Waals surface area contributed by atoms with Gasteiger partial charge in [-0.2, -0.15) is 0 Å². The second-order valence-corrected chi connectivity index (χ2v) is 3.09. The highest BCUT2D eigenvalue weighted by Crippen LogP contribution is 2.16. The Morgan fingerprint density at radius 2 is 2.06 bits per heavy atom. The summed E-state index contributed by atoms with van der Waals surface area (Å²) in [5, 5.41) is 19.9. The van der Waals surface area contributed by atoms with Gasteiger partial charge in [0, 0.05) is 17.7 Å². The van der Waals surface area contributed by atoms with Crippen LogP contribution in [0.1, 0.15) is 12.5 Å². The van der Waals surface area contributed by atoms with Crippen LogP contribution in [-0.4, -0.2) is 22.6 Å². The first-order valence-corrected chi connectivity index (χ1v) is 4.87. The number of aliphatic hydroxyl groups is 1. The molecule has 1 N–H and O–H groups in total. The molecule has 6 nitrogen and oxygen atoms in total. The molecule has 0 saturated carbocycles. The number of non-ortho nitro benzene ring substituents is 1. The molecule has 0 aliphatic heterocycles. The summed E-state index contributed by atoms with van der Waals surface area (Å²) in [6.45, 7) is 1.86. The number of hydrogen-bond acceptors (Lipinski definition) is 5. The number of carbonyl (C=O) groups is 1. The Bertz CT molecular complexity index is 449. The molecule has 1 aromatic rings. The van der Waals surface area contributed by atoms with Crippen LogP contribution in [0.2, 0.25) is 0 Å². The lowest BCUT2D eigenvalue weighted by atomic mass is 10.1. The van der Waals surface area contributed by atoms with Gasteiger partial charge in [-0.3, -0.25) is 10.1 Å². The number of benzene rings is 1. The van der Waals surface area contributed by atoms with Crippen molar-refractivity contribution in [1.82, 2.24) is 0 Å². The van der Waals surface area contributed by atoms with E-state index in [0.717, 1.165) is 6.08 Å². The van der Waals surface area contributed by atoms with E-state index in [1.807, 2.05) is 0 Å². The molecule has 0 atom stereocenters. The number of esters is 1. The molecule has 0 aromatic heterocycles. The van der Waals surface area contributed by atoms with Gasteiger partial charge in [0.05, 0.1) is 17.6 Å². The second-order valence-electron chi connectivity index (χ2n) is 3.09. The van der Waals surface area contributed by atoms with Crippen LogP contribution < -0.4 is 0 Å². The van der Waals surface area contributed by atoms with Crippen LogP contribution in [0.15, 0.2) is 30.3 Å². The minimum Gasteiger partial charge on any atom is -0.507 e. The topological polar surface area (TPSA) is 89.7 Å². The Balaban J connectivity index is 2.86. The molecule has 17 heavy (non-hydrogen) atoms. The van der Waals surface area contributed by atoms with Crippen molar-refractivity contribution in [3.63, 3.8) is 0 Å². The van der Waals surface area contributed by atoms with Crippen molar-refractivity contribution in [2.75, 3.05) is 6.61 Å². The third kappa shape index (κ3) is 3.60. The number of rotatable bonds is 4. The second kappa shape index (κ2) is 5.64. The van der Waals surface area contributed by atoms with E-state index in [0.29, 0.717) is 5.56 Å². The fourth-order valence-electron chi connectivity index (χ4n) is 1.13. The first-order valence-electron chi connectivity index (χ1n) is 4.87. The van der Waals surface area contributed by atoms with Gasteiger partial charge < -0.3 is 9.84 Å². The van der Waals surface area contributed by atoms with Crippen LogP contribution in [-0.2, 0) is 9.53 Å². The fourth-order valence-corrected chi connectivity index (χ4v) is 1.13. The molecule has 1 rings (SSSR count). The van der Waals surface area contributed by atoms with E-state index in [1.54, 1.807) is 6.92 Å². The monoisotopic (exact) mass is 237 g/mol. The summed E-state index contributed by atoms with van der Waals surface area (Å²) < 4.78 is 4.61. The summed E-state index contributed by atoms with van der Waals surface area (Å²) in [5.41, 5.74) is 0.223. The molecule has 0 bridgehead atoms. The van der Waals surface area contributed by atoms with Crippen LogP contribution in [0.25, 0.3) is 5.76 Å². The van der Waals surface area contributed by atoms with E-state index in [9.17, 15) is 20.0 Å². The number of nitro groups is 1. The van der Waals surface area contributed by atoms with E-state index < -0.39 is 10.9 Å². The third-order valence-electron chi connectivity index (χ3n) is 1.92. The Morgan fingerprint density at radius 1 is 1.47 bits per heavy atom. The van der Waals surface area contributed by atoms with Gasteiger partial charge in [-0.1, -0.05) is 0 Å². The first-order chi connectivity index (χ1) is 8.04. The zero-order chi connectivity index (χ0) is 12.8. The maximum Gasteiger partial charge on any atom is 0.334 e. The van der Waals surface area contributed by atoms with Gasteiger partial charge in [-0.15, -0.1) is 0 Å². The van der Waals surface area contributed by atoms with Gasteiger partial charge in [0.25, 0.3) is 5.69 Å². The summed E-state index contributed by atoms with van der Waals surface area (Å²) in [4.78, 5) is 20.9. The molecule has 0 radical (unpaired) electrons. The van der Waals surface area contributed by atoms with Gasteiger partial charge in [-0.25, -0.2) is 4.79 Å². The zero-order valence-corrected chi connectivity index (χ0v) is 9.12. The number of hydrogen-bond donors (Lipinski definition) is 1. The van der Waals surface area contributed by atoms with Crippen molar-refractivity contribution in [3.05, 3.63) is 46.0 Å². The summed E-state index contributed by atoms with van der Waals surface area (Å²) in [5.74, 6) is -0.957. The maximum atomic E-state index is 11.0. The molecule has 0 heterocycles. The molecule has 0 fully saturated rings. The predicted octanol–water partition coefficient (Wildman–Crippen LogP) is 2.06. The van der Waals surface area contributed by atoms with Gasteiger partial charge in [0.2, 0.25) is 0 Å². The molecule has 0 amide bonds. The fraction of sp³-hybridized carbons (Fsp3) is 0.182. The Kier molecular flexibility index (Phi) is 4.21. The minimum absolute atomic E-state index is 0.0855. The Hall–Kier alpha value is -2.37. The average molecular weight is 237 g/mol. The van der Waals surface area contributed by atoms with Crippen molar-refractivity contribution in [2.45, 2.75) is 6.92 Å². The lowest BCUT2D eigenvalue weighted by Gasteiger charge is -2.00. The number of carbonyl (C=O) groups excluding carboxylic acids is 1. The predicted molar refractivity (Wildman–Crippen MR) is 60.3 cm³/mol. The largest absolute Gasteiger partial charge is 0.507 e. The number of nitrogens with zero attached hydrogens (tertiary/aromatic N) is 1. The van der Waals surface area contributed by atoms with Crippen molar-refractivity contribution in [3.8, 4) is 0 Å². The Labute approximate surface area is 97.3 Å². The van der Waals surface area contributed by atoms with Crippen LogP contribution in [0.3, 0.4) is 0 Å². The van der Waals surface area contributed by atoms with Crippen LogP contribution in [0.4, 0.5) is 5.69 Å². The zero-order valence-electron chi connectivity index (χ0n) is 9.12. The molecule has 0 aliphatic carbocycles. The van der Waals surface area contributed by atoms with E-state index in [-0.39, 0.29) is 18.1 Å². The quantitative estimate of drug-likeness (QED) is 0.284. The van der Waals surface area contributed by atoms with Gasteiger partial charge in [0.15, 0.2) is 0 Å².